The van der Waals surface area contributed by atoms with Gasteiger partial charge in [0.15, 0.2) is 5.71 Å². The molecule has 5 rings (SSSR count). The molecule has 0 amide bonds. The van der Waals surface area contributed by atoms with Gasteiger partial charge in [-0.05, 0) is 54.8 Å². The summed E-state index contributed by atoms with van der Waals surface area (Å²) in [6.45, 7) is 16.3. The van der Waals surface area contributed by atoms with Gasteiger partial charge < -0.3 is 4.90 Å². The van der Waals surface area contributed by atoms with Crippen LogP contribution >= 0.6 is 0 Å². The average Bonchev–Trinajstić information content (AvgIpc) is 3.30. The summed E-state index contributed by atoms with van der Waals surface area (Å²) in [5.74, 6) is 0. The van der Waals surface area contributed by atoms with Crippen LogP contribution in [0.2, 0.25) is 0 Å². The molecule has 3 aromatic rings. The van der Waals surface area contributed by atoms with E-state index in [-0.39, 0.29) is 10.8 Å². The molecule has 2 aliphatic rings. The highest BCUT2D eigenvalue weighted by Crippen LogP contribution is 2.48. The number of rotatable bonds is 9. The first kappa shape index (κ1) is 32.9. The van der Waals surface area contributed by atoms with Crippen LogP contribution in [0.5, 0.6) is 0 Å². The molecule has 43 heavy (non-hydrogen) atoms. The number of hydrogen-bond acceptors (Lipinski definition) is 5. The van der Waals surface area contributed by atoms with Crippen molar-refractivity contribution in [3.63, 3.8) is 0 Å². The number of anilines is 1. The zero-order chi connectivity index (χ0) is 31.4. The second kappa shape index (κ2) is 13.3. The summed E-state index contributed by atoms with van der Waals surface area (Å²) >= 11 is 0. The van der Waals surface area contributed by atoms with Crippen molar-refractivity contribution in [2.45, 2.75) is 84.5 Å². The molecule has 7 heteroatoms. The predicted molar refractivity (Wildman–Crippen MR) is 165 cm³/mol. The number of halogens is 1. The Kier molecular flexibility index (Phi) is 10.2. The fraction of sp³-hybridized carbons (Fsp3) is 0.417. The normalized spacial score (nSPS) is 17.9. The van der Waals surface area contributed by atoms with E-state index in [9.17, 15) is 0 Å². The Labute approximate surface area is 259 Å². The first-order valence-electron chi connectivity index (χ1n) is 15.4. The number of allylic oxidation sites excluding steroid dienone is 4. The van der Waals surface area contributed by atoms with Crippen LogP contribution in [0.25, 0.3) is 10.8 Å². The van der Waals surface area contributed by atoms with Crippen molar-refractivity contribution in [2.24, 2.45) is 0 Å². The van der Waals surface area contributed by atoms with Crippen molar-refractivity contribution >= 4 is 27.9 Å². The molecule has 0 aliphatic carbocycles. The molecule has 0 saturated heterocycles. The quantitative estimate of drug-likeness (QED) is 0.261. The van der Waals surface area contributed by atoms with E-state index < -0.39 is 10.2 Å². The number of para-hydroxylation sites is 1. The molecule has 0 saturated carbocycles. The zero-order valence-corrected chi connectivity index (χ0v) is 27.1. The molecule has 2 aliphatic heterocycles. The molecule has 0 N–H and O–H groups in total. The van der Waals surface area contributed by atoms with Crippen LogP contribution in [-0.4, -0.2) is 23.4 Å². The van der Waals surface area contributed by atoms with E-state index in [2.05, 4.69) is 130 Å². The second-order valence-electron chi connectivity index (χ2n) is 12.5. The van der Waals surface area contributed by atoms with Gasteiger partial charge >= 0.3 is 0 Å². The molecule has 0 bridgehead atoms. The monoisotopic (exact) mass is 604 g/mol. The molecule has 3 aromatic carbocycles. The van der Waals surface area contributed by atoms with Gasteiger partial charge in [0.2, 0.25) is 5.69 Å². The van der Waals surface area contributed by atoms with Gasteiger partial charge in [0.1, 0.15) is 6.54 Å². The maximum atomic E-state index is 8.49. The first-order valence-corrected chi connectivity index (χ1v) is 16.6. The van der Waals surface area contributed by atoms with Crippen LogP contribution in [-0.2, 0) is 10.8 Å². The Morgan fingerprint density at radius 2 is 1.44 bits per heavy atom. The third-order valence-corrected chi connectivity index (χ3v) is 8.78. The van der Waals surface area contributed by atoms with Gasteiger partial charge in [-0.2, -0.15) is 4.58 Å². The van der Waals surface area contributed by atoms with E-state index in [1.54, 1.807) is 0 Å². The van der Waals surface area contributed by atoms with Crippen LogP contribution in [0.4, 0.5) is 11.4 Å². The second-order valence-corrected chi connectivity index (χ2v) is 13.2. The van der Waals surface area contributed by atoms with E-state index in [0.29, 0.717) is 0 Å². The lowest BCUT2D eigenvalue weighted by atomic mass is 9.79. The van der Waals surface area contributed by atoms with Crippen molar-refractivity contribution in [3.05, 3.63) is 95.7 Å². The number of nitrogens with zero attached hydrogens (tertiary/aromatic N) is 2. The molecule has 230 valence electrons. The molecule has 0 fully saturated rings. The lowest BCUT2D eigenvalue weighted by Crippen LogP contribution is -2.68. The molecule has 0 aromatic heterocycles. The summed E-state index contributed by atoms with van der Waals surface area (Å²) in [6.07, 6.45) is 13.3. The van der Waals surface area contributed by atoms with Gasteiger partial charge in [-0.1, -0.05) is 95.5 Å². The molecular formula is C36H45ClN2O4. The van der Waals surface area contributed by atoms with E-state index in [1.165, 1.54) is 76.8 Å². The fourth-order valence-corrected chi connectivity index (χ4v) is 6.72. The fourth-order valence-electron chi connectivity index (χ4n) is 6.72. The summed E-state index contributed by atoms with van der Waals surface area (Å²) in [5.41, 5.74) is 8.40. The summed E-state index contributed by atoms with van der Waals surface area (Å²) in [4.78, 5) is 2.58. The molecule has 2 heterocycles. The van der Waals surface area contributed by atoms with Crippen molar-refractivity contribution in [1.82, 2.24) is 0 Å². The maximum absolute atomic E-state index is 8.49. The maximum Gasteiger partial charge on any atom is 0.210 e. The highest BCUT2D eigenvalue weighted by Gasteiger charge is 2.45. The summed E-state index contributed by atoms with van der Waals surface area (Å²) < 4.78 is 36.6. The predicted octanol–water partition coefficient (Wildman–Crippen LogP) is 4.69. The van der Waals surface area contributed by atoms with Gasteiger partial charge in [0.05, 0.1) is 5.41 Å². The summed E-state index contributed by atoms with van der Waals surface area (Å²) in [7, 11) is -4.94. The highest BCUT2D eigenvalue weighted by atomic mass is 35.7. The van der Waals surface area contributed by atoms with Crippen molar-refractivity contribution < 1.29 is 33.5 Å². The number of fused-ring (bicyclic) bond motifs is 4. The topological polar surface area (TPSA) is 98.5 Å². The summed E-state index contributed by atoms with van der Waals surface area (Å²) in [6, 6.07) is 22.5. The van der Waals surface area contributed by atoms with E-state index >= 15 is 0 Å². The Bertz CT molecular complexity index is 1530. The SMILES string of the molecule is CCCCCN1C(=CC=CC2=[N+](CCCC)c3ccc4ccccc4c3C2(C)C)C(C)(C)c2ccccc21.[O-][Cl+3]([O-])([O-])[O-]. The summed E-state index contributed by atoms with van der Waals surface area (Å²) in [5, 5.41) is 2.71. The molecule has 0 atom stereocenters. The third kappa shape index (κ3) is 7.05. The standard InChI is InChI=1S/C36H45N2.ClHO4/c1-7-9-15-26-37-30-20-14-13-19-29(30)35(3,4)32(37)21-16-22-33-36(5,6)34-28-18-12-11-17-27(28)23-24-31(34)38(33)25-10-8-2;2-1(3,4)5/h11-14,16-24H,7-10,15,25-26H2,1-6H3;(H,2,3,4,5)/q+1;/p-1. The van der Waals surface area contributed by atoms with Crippen LogP contribution < -0.4 is 23.5 Å². The average molecular weight is 605 g/mol. The van der Waals surface area contributed by atoms with Crippen molar-refractivity contribution in [3.8, 4) is 0 Å². The Morgan fingerprint density at radius 1 is 0.791 bits per heavy atom. The minimum absolute atomic E-state index is 0.00985. The minimum atomic E-state index is -4.94. The Hall–Kier alpha value is -3.00. The van der Waals surface area contributed by atoms with Crippen LogP contribution in [0.15, 0.2) is 84.6 Å². The Balaban J connectivity index is 0.000000782. The van der Waals surface area contributed by atoms with Crippen molar-refractivity contribution in [2.75, 3.05) is 18.0 Å². The molecular weight excluding hydrogens is 560 g/mol. The molecule has 0 radical (unpaired) electrons. The lowest BCUT2D eigenvalue weighted by molar-refractivity contribution is -2.00. The molecule has 6 nitrogen and oxygen atoms in total. The van der Waals surface area contributed by atoms with Gasteiger partial charge in [0.25, 0.3) is 0 Å². The minimum Gasteiger partial charge on any atom is -0.344 e. The van der Waals surface area contributed by atoms with Crippen LogP contribution in [0.3, 0.4) is 0 Å². The van der Waals surface area contributed by atoms with Gasteiger partial charge in [-0.25, -0.2) is 18.6 Å². The van der Waals surface area contributed by atoms with Gasteiger partial charge in [-0.15, -0.1) is 10.2 Å². The number of benzene rings is 3. The van der Waals surface area contributed by atoms with E-state index in [4.69, 9.17) is 18.6 Å². The van der Waals surface area contributed by atoms with Gasteiger partial charge in [0, 0.05) is 47.5 Å². The number of hydrogen-bond donors (Lipinski definition) is 0. The zero-order valence-electron chi connectivity index (χ0n) is 26.4. The van der Waals surface area contributed by atoms with E-state index in [1.807, 2.05) is 0 Å². The largest absolute Gasteiger partial charge is 0.344 e. The third-order valence-electron chi connectivity index (χ3n) is 8.78. The molecule has 0 unspecified atom stereocenters. The van der Waals surface area contributed by atoms with Gasteiger partial charge in [-0.3, -0.25) is 0 Å². The smallest absolute Gasteiger partial charge is 0.210 e. The van der Waals surface area contributed by atoms with Crippen molar-refractivity contribution in [1.29, 1.82) is 0 Å². The van der Waals surface area contributed by atoms with E-state index in [0.717, 1.165) is 13.1 Å². The lowest BCUT2D eigenvalue weighted by Gasteiger charge is -2.27. The highest BCUT2D eigenvalue weighted by molar-refractivity contribution is 6.07. The first-order chi connectivity index (χ1) is 20.3. The number of unbranched alkanes of at least 4 members (excludes halogenated alkanes) is 3. The molecule has 0 spiro atoms. The van der Waals surface area contributed by atoms with Crippen LogP contribution in [0.1, 0.15) is 84.8 Å². The Morgan fingerprint density at radius 3 is 2.14 bits per heavy atom. The van der Waals surface area contributed by atoms with Crippen LogP contribution in [0, 0.1) is 10.2 Å².